The highest BCUT2D eigenvalue weighted by molar-refractivity contribution is 7.47. The number of hydrogen-bond acceptors (Lipinski definition) is 15. The van der Waals surface area contributed by atoms with Crippen molar-refractivity contribution in [2.75, 3.05) is 39.6 Å². The molecule has 2 unspecified atom stereocenters. The second-order valence-electron chi connectivity index (χ2n) is 28.3. The minimum absolute atomic E-state index is 0.106. The number of carbonyl (C=O) groups excluding carboxylic acids is 4. The van der Waals surface area contributed by atoms with Crippen LogP contribution in [-0.4, -0.2) is 96.7 Å². The molecule has 0 aliphatic rings. The van der Waals surface area contributed by atoms with Crippen LogP contribution in [0.2, 0.25) is 0 Å². The quantitative estimate of drug-likeness (QED) is 0.0222. The van der Waals surface area contributed by atoms with Crippen molar-refractivity contribution in [3.05, 3.63) is 0 Å². The number of aliphatic hydroxyl groups excluding tert-OH is 1. The number of phosphoric ester groups is 2. The first-order chi connectivity index (χ1) is 45.9. The highest BCUT2D eigenvalue weighted by atomic mass is 31.2. The zero-order chi connectivity index (χ0) is 70.0. The topological polar surface area (TPSA) is 237 Å². The van der Waals surface area contributed by atoms with Gasteiger partial charge in [-0.2, -0.15) is 0 Å². The Balaban J connectivity index is 5.14. The fourth-order valence-corrected chi connectivity index (χ4v) is 13.2. The molecule has 0 saturated carbocycles. The van der Waals surface area contributed by atoms with Crippen LogP contribution in [0.5, 0.6) is 0 Å². The van der Waals surface area contributed by atoms with Gasteiger partial charge in [0.2, 0.25) is 0 Å². The molecule has 0 aliphatic heterocycles. The summed E-state index contributed by atoms with van der Waals surface area (Å²) in [5.41, 5.74) is 0. The lowest BCUT2D eigenvalue weighted by Gasteiger charge is -2.21. The van der Waals surface area contributed by atoms with Crippen molar-refractivity contribution in [3.63, 3.8) is 0 Å². The summed E-state index contributed by atoms with van der Waals surface area (Å²) in [6.45, 7) is 9.55. The molecule has 19 heteroatoms. The third-order valence-corrected chi connectivity index (χ3v) is 19.6. The van der Waals surface area contributed by atoms with Crippen LogP contribution >= 0.6 is 15.6 Å². The van der Waals surface area contributed by atoms with Gasteiger partial charge in [-0.25, -0.2) is 9.13 Å². The number of aliphatic hydroxyl groups is 1. The summed E-state index contributed by atoms with van der Waals surface area (Å²) in [4.78, 5) is 72.5. The Morgan fingerprint density at radius 1 is 0.284 bits per heavy atom. The van der Waals surface area contributed by atoms with Crippen molar-refractivity contribution in [2.24, 2.45) is 11.8 Å². The third kappa shape index (κ3) is 70.3. The molecule has 0 aromatic heterocycles. The second kappa shape index (κ2) is 67.9. The van der Waals surface area contributed by atoms with E-state index in [2.05, 4.69) is 41.5 Å². The summed E-state index contributed by atoms with van der Waals surface area (Å²) in [5, 5.41) is 10.6. The first-order valence-corrected chi connectivity index (χ1v) is 42.5. The monoisotopic (exact) mass is 1400 g/mol. The molecule has 0 amide bonds. The molecule has 95 heavy (non-hydrogen) atoms. The van der Waals surface area contributed by atoms with Crippen LogP contribution in [0.3, 0.4) is 0 Å². The van der Waals surface area contributed by atoms with E-state index >= 15 is 0 Å². The van der Waals surface area contributed by atoms with E-state index in [0.29, 0.717) is 25.7 Å². The molecule has 0 saturated heterocycles. The van der Waals surface area contributed by atoms with Gasteiger partial charge in [-0.1, -0.05) is 343 Å². The fraction of sp³-hybridized carbons (Fsp3) is 0.947. The van der Waals surface area contributed by atoms with E-state index in [1.165, 1.54) is 205 Å². The maximum Gasteiger partial charge on any atom is 0.472 e. The number of esters is 4. The van der Waals surface area contributed by atoms with E-state index in [1.807, 2.05) is 0 Å². The lowest BCUT2D eigenvalue weighted by molar-refractivity contribution is -0.161. The van der Waals surface area contributed by atoms with Gasteiger partial charge < -0.3 is 33.8 Å². The molecule has 0 aliphatic carbocycles. The van der Waals surface area contributed by atoms with E-state index in [0.717, 1.165) is 108 Å². The third-order valence-electron chi connectivity index (χ3n) is 17.7. The van der Waals surface area contributed by atoms with Crippen molar-refractivity contribution >= 4 is 39.5 Å². The maximum atomic E-state index is 13.1. The molecule has 0 spiro atoms. The molecule has 0 fully saturated rings. The number of unbranched alkanes of at least 4 members (excludes halogenated alkanes) is 45. The van der Waals surface area contributed by atoms with Crippen molar-refractivity contribution in [2.45, 2.75) is 413 Å². The van der Waals surface area contributed by atoms with Gasteiger partial charge in [0.15, 0.2) is 12.2 Å². The second-order valence-corrected chi connectivity index (χ2v) is 31.3. The lowest BCUT2D eigenvalue weighted by atomic mass is 10.0. The smallest absolute Gasteiger partial charge is 0.462 e. The van der Waals surface area contributed by atoms with E-state index in [4.69, 9.17) is 37.0 Å². The van der Waals surface area contributed by atoms with E-state index in [1.54, 1.807) is 0 Å². The van der Waals surface area contributed by atoms with Gasteiger partial charge in [0.05, 0.1) is 26.4 Å². The zero-order valence-corrected chi connectivity index (χ0v) is 63.8. The summed E-state index contributed by atoms with van der Waals surface area (Å²) in [6.07, 6.45) is 55.9. The highest BCUT2D eigenvalue weighted by Gasteiger charge is 2.30. The van der Waals surface area contributed by atoms with Crippen LogP contribution in [0.1, 0.15) is 395 Å². The van der Waals surface area contributed by atoms with Crippen molar-refractivity contribution < 1.29 is 80.2 Å². The van der Waals surface area contributed by atoms with Gasteiger partial charge in [0.1, 0.15) is 19.3 Å². The van der Waals surface area contributed by atoms with Crippen LogP contribution in [0.15, 0.2) is 0 Å². The number of phosphoric acid groups is 2. The molecule has 0 bridgehead atoms. The van der Waals surface area contributed by atoms with Gasteiger partial charge in [0.25, 0.3) is 0 Å². The molecule has 0 heterocycles. The van der Waals surface area contributed by atoms with Crippen molar-refractivity contribution in [3.8, 4) is 0 Å². The molecular formula is C76H148O17P2. The predicted molar refractivity (Wildman–Crippen MR) is 386 cm³/mol. The number of rotatable bonds is 75. The number of carbonyl (C=O) groups is 4. The Bertz CT molecular complexity index is 1840. The Hall–Kier alpha value is -1.94. The zero-order valence-electron chi connectivity index (χ0n) is 62.0. The van der Waals surface area contributed by atoms with Gasteiger partial charge in [-0.15, -0.1) is 0 Å². The minimum Gasteiger partial charge on any atom is -0.462 e. The summed E-state index contributed by atoms with van der Waals surface area (Å²) in [7, 11) is -9.90. The van der Waals surface area contributed by atoms with Crippen molar-refractivity contribution in [1.82, 2.24) is 0 Å². The maximum absolute atomic E-state index is 13.1. The summed E-state index contributed by atoms with van der Waals surface area (Å²) in [5.74, 6) is -0.548. The molecule has 5 atom stereocenters. The van der Waals surface area contributed by atoms with Crippen LogP contribution in [0.4, 0.5) is 0 Å². The molecular weight excluding hydrogens is 1250 g/mol. The first-order valence-electron chi connectivity index (χ1n) is 39.5. The van der Waals surface area contributed by atoms with E-state index in [9.17, 15) is 43.2 Å². The fourth-order valence-electron chi connectivity index (χ4n) is 11.7. The number of hydrogen-bond donors (Lipinski definition) is 3. The summed E-state index contributed by atoms with van der Waals surface area (Å²) >= 11 is 0. The van der Waals surface area contributed by atoms with Crippen LogP contribution in [0, 0.1) is 11.8 Å². The van der Waals surface area contributed by atoms with Gasteiger partial charge in [0, 0.05) is 25.7 Å². The standard InChI is InChI=1S/C76H148O17P2/c1-7-9-11-13-14-15-16-17-18-19-20-21-26-32-37-42-48-54-61-76(81)93-72(65-87-74(79)59-53-47-41-36-31-27-22-24-29-34-39-45-50-56-68(3)4)67-91-95(84,85)89-63-70(77)62-88-94(82,83)90-66-71(64-86-73(78)58-52-44-12-10-8-2)92-75(80)60-55-49-43-38-33-28-23-25-30-35-40-46-51-57-69(5)6/h68-72,77H,7-67H2,1-6H3,(H,82,83)(H,84,85)/t70-,71+,72+/m0/s1. The molecule has 17 nitrogen and oxygen atoms in total. The largest absolute Gasteiger partial charge is 0.472 e. The molecule has 3 N–H and O–H groups in total. The lowest BCUT2D eigenvalue weighted by Crippen LogP contribution is -2.30. The predicted octanol–water partition coefficient (Wildman–Crippen LogP) is 22.3. The van der Waals surface area contributed by atoms with Gasteiger partial charge in [-0.3, -0.25) is 37.3 Å². The molecule has 0 aromatic carbocycles. The average Bonchev–Trinajstić information content (AvgIpc) is 2.71. The van der Waals surface area contributed by atoms with E-state index < -0.39 is 97.5 Å². The van der Waals surface area contributed by atoms with Crippen LogP contribution < -0.4 is 0 Å². The van der Waals surface area contributed by atoms with Gasteiger partial charge in [-0.05, 0) is 37.5 Å². The molecule has 0 aromatic rings. The van der Waals surface area contributed by atoms with Crippen molar-refractivity contribution in [1.29, 1.82) is 0 Å². The average molecular weight is 1400 g/mol. The first kappa shape index (κ1) is 93.1. The molecule has 564 valence electrons. The Kier molecular flexibility index (Phi) is 66.5. The number of ether oxygens (including phenoxy) is 4. The molecule has 0 radical (unpaired) electrons. The summed E-state index contributed by atoms with van der Waals surface area (Å²) < 4.78 is 68.3. The van der Waals surface area contributed by atoms with E-state index in [-0.39, 0.29) is 25.7 Å². The SMILES string of the molecule is CCCCCCCCCCCCCCCCCCCCC(=O)O[C@H](COC(=O)CCCCCCCCCCCCCCCC(C)C)COP(=O)(O)OC[C@@H](O)COP(=O)(O)OC[C@@H](COC(=O)CCCCCCC)OC(=O)CCCCCCCCCCCCCCCC(C)C. The Morgan fingerprint density at radius 2 is 0.484 bits per heavy atom. The Labute approximate surface area is 581 Å². The normalized spacial score (nSPS) is 14.0. The summed E-state index contributed by atoms with van der Waals surface area (Å²) in [6, 6.07) is 0. The van der Waals surface area contributed by atoms with Crippen LogP contribution in [-0.2, 0) is 65.4 Å². The highest BCUT2D eigenvalue weighted by Crippen LogP contribution is 2.45. The molecule has 0 rings (SSSR count). The van der Waals surface area contributed by atoms with Crippen LogP contribution in [0.25, 0.3) is 0 Å². The minimum atomic E-state index is -4.96. The van der Waals surface area contributed by atoms with Gasteiger partial charge >= 0.3 is 39.5 Å². The Morgan fingerprint density at radius 3 is 0.716 bits per heavy atom.